The number of hydrogen-bond donors (Lipinski definition) is 2. The predicted octanol–water partition coefficient (Wildman–Crippen LogP) is 3.49. The number of sulfonamides is 1. The Labute approximate surface area is 147 Å². The van der Waals surface area contributed by atoms with Crippen LogP contribution in [0.25, 0.3) is 0 Å². The molecular formula is C18H21NO5S. The number of para-hydroxylation sites is 1. The normalized spacial score (nSPS) is 11.8. The summed E-state index contributed by atoms with van der Waals surface area (Å²) in [5, 5.41) is 9.20. The number of benzene rings is 2. The molecule has 0 radical (unpaired) electrons. The molecule has 7 heteroatoms. The Morgan fingerprint density at radius 2 is 1.76 bits per heavy atom. The highest BCUT2D eigenvalue weighted by molar-refractivity contribution is 7.92. The first-order valence-corrected chi connectivity index (χ1v) is 9.08. The van der Waals surface area contributed by atoms with Crippen LogP contribution in [-0.2, 0) is 15.4 Å². The lowest BCUT2D eigenvalue weighted by atomic mass is 9.86. The monoisotopic (exact) mass is 363 g/mol. The largest absolute Gasteiger partial charge is 0.496 e. The number of methoxy groups -OCH3 is 1. The molecule has 0 fully saturated rings. The van der Waals surface area contributed by atoms with Crippen LogP contribution in [0.1, 0.15) is 36.7 Å². The second-order valence-electron chi connectivity index (χ2n) is 6.57. The fourth-order valence-corrected chi connectivity index (χ4v) is 3.51. The van der Waals surface area contributed by atoms with E-state index in [9.17, 15) is 18.3 Å². The lowest BCUT2D eigenvalue weighted by Crippen LogP contribution is -2.18. The third-order valence-corrected chi connectivity index (χ3v) is 5.05. The first-order chi connectivity index (χ1) is 11.6. The van der Waals surface area contributed by atoms with E-state index in [1.54, 1.807) is 18.2 Å². The molecule has 0 aliphatic heterocycles. The Morgan fingerprint density at radius 1 is 1.12 bits per heavy atom. The number of carboxylic acids is 1. The van der Waals surface area contributed by atoms with Crippen LogP contribution < -0.4 is 9.46 Å². The van der Waals surface area contributed by atoms with Crippen molar-refractivity contribution in [3.63, 3.8) is 0 Å². The molecular weight excluding hydrogens is 342 g/mol. The van der Waals surface area contributed by atoms with Crippen LogP contribution in [0.4, 0.5) is 5.69 Å². The summed E-state index contributed by atoms with van der Waals surface area (Å²) in [6.07, 6.45) is 0. The molecule has 0 spiro atoms. The van der Waals surface area contributed by atoms with Crippen molar-refractivity contribution in [2.75, 3.05) is 11.8 Å². The van der Waals surface area contributed by atoms with E-state index in [0.717, 1.165) is 5.56 Å². The minimum Gasteiger partial charge on any atom is -0.496 e. The Morgan fingerprint density at radius 3 is 2.32 bits per heavy atom. The third kappa shape index (κ3) is 4.11. The van der Waals surface area contributed by atoms with Crippen LogP contribution in [-0.4, -0.2) is 26.6 Å². The molecule has 0 aromatic heterocycles. The molecule has 0 heterocycles. The van der Waals surface area contributed by atoms with E-state index in [2.05, 4.69) is 4.72 Å². The smallest absolute Gasteiger partial charge is 0.337 e. The number of aromatic carboxylic acids is 1. The topological polar surface area (TPSA) is 92.7 Å². The van der Waals surface area contributed by atoms with Crippen molar-refractivity contribution in [1.82, 2.24) is 0 Å². The van der Waals surface area contributed by atoms with Gasteiger partial charge in [-0.05, 0) is 35.7 Å². The fraction of sp³-hybridized carbons (Fsp3) is 0.278. The summed E-state index contributed by atoms with van der Waals surface area (Å²) >= 11 is 0. The number of anilines is 1. The highest BCUT2D eigenvalue weighted by atomic mass is 32.2. The fourth-order valence-electron chi connectivity index (χ4n) is 2.40. The Kier molecular flexibility index (Phi) is 5.08. The minimum atomic E-state index is -3.95. The van der Waals surface area contributed by atoms with Gasteiger partial charge in [0.25, 0.3) is 10.0 Å². The zero-order valence-electron chi connectivity index (χ0n) is 14.5. The summed E-state index contributed by atoms with van der Waals surface area (Å²) in [5.41, 5.74) is 0.318. The van der Waals surface area contributed by atoms with Crippen molar-refractivity contribution in [1.29, 1.82) is 0 Å². The third-order valence-electron chi connectivity index (χ3n) is 3.69. The van der Waals surface area contributed by atoms with Crippen LogP contribution >= 0.6 is 0 Å². The van der Waals surface area contributed by atoms with Crippen molar-refractivity contribution in [2.24, 2.45) is 0 Å². The number of rotatable bonds is 5. The standard InChI is InChI=1S/C18H21NO5S/c1-18(2,3)14-11-12(9-10-16(14)24-4)25(22,23)19-15-8-6-5-7-13(15)17(20)21/h5-11,19H,1-4H3,(H,20,21). The van der Waals surface area contributed by atoms with Gasteiger partial charge in [-0.2, -0.15) is 0 Å². The molecule has 6 nitrogen and oxygen atoms in total. The summed E-state index contributed by atoms with van der Waals surface area (Å²) in [7, 11) is -2.42. The van der Waals surface area contributed by atoms with Crippen LogP contribution in [0.5, 0.6) is 5.75 Å². The van der Waals surface area contributed by atoms with Gasteiger partial charge in [0.05, 0.1) is 23.3 Å². The molecule has 25 heavy (non-hydrogen) atoms. The van der Waals surface area contributed by atoms with Crippen LogP contribution in [0.15, 0.2) is 47.4 Å². The van der Waals surface area contributed by atoms with Gasteiger partial charge >= 0.3 is 5.97 Å². The molecule has 0 aliphatic carbocycles. The first-order valence-electron chi connectivity index (χ1n) is 7.60. The molecule has 134 valence electrons. The van der Waals surface area contributed by atoms with E-state index in [4.69, 9.17) is 4.74 Å². The molecule has 2 aromatic rings. The summed E-state index contributed by atoms with van der Waals surface area (Å²) in [6.45, 7) is 5.86. The maximum atomic E-state index is 12.7. The van der Waals surface area contributed by atoms with Crippen molar-refractivity contribution < 1.29 is 23.1 Å². The number of carbonyl (C=O) groups is 1. The maximum Gasteiger partial charge on any atom is 0.337 e. The number of hydrogen-bond acceptors (Lipinski definition) is 4. The molecule has 2 N–H and O–H groups in total. The second-order valence-corrected chi connectivity index (χ2v) is 8.25. The van der Waals surface area contributed by atoms with Crippen LogP contribution in [0.3, 0.4) is 0 Å². The van der Waals surface area contributed by atoms with E-state index in [1.165, 1.54) is 31.4 Å². The number of nitrogens with one attached hydrogen (secondary N) is 1. The molecule has 2 rings (SSSR count). The lowest BCUT2D eigenvalue weighted by Gasteiger charge is -2.23. The molecule has 2 aromatic carbocycles. The van der Waals surface area contributed by atoms with Gasteiger partial charge in [-0.1, -0.05) is 32.9 Å². The summed E-state index contributed by atoms with van der Waals surface area (Å²) < 4.78 is 33.1. The summed E-state index contributed by atoms with van der Waals surface area (Å²) in [6, 6.07) is 10.4. The Bertz CT molecular complexity index is 898. The van der Waals surface area contributed by atoms with Crippen LogP contribution in [0.2, 0.25) is 0 Å². The molecule has 0 saturated heterocycles. The average Bonchev–Trinajstić information content (AvgIpc) is 2.53. The van der Waals surface area contributed by atoms with E-state index < -0.39 is 16.0 Å². The molecule has 0 bridgehead atoms. The van der Waals surface area contributed by atoms with Gasteiger partial charge in [-0.25, -0.2) is 13.2 Å². The molecule has 0 aliphatic rings. The SMILES string of the molecule is COc1ccc(S(=O)(=O)Nc2ccccc2C(=O)O)cc1C(C)(C)C. The van der Waals surface area contributed by atoms with Crippen molar-refractivity contribution in [3.8, 4) is 5.75 Å². The molecule has 0 atom stereocenters. The Hall–Kier alpha value is -2.54. The van der Waals surface area contributed by atoms with Crippen molar-refractivity contribution in [3.05, 3.63) is 53.6 Å². The zero-order valence-corrected chi connectivity index (χ0v) is 15.3. The van der Waals surface area contributed by atoms with E-state index >= 15 is 0 Å². The molecule has 0 unspecified atom stereocenters. The van der Waals surface area contributed by atoms with E-state index in [0.29, 0.717) is 5.75 Å². The Balaban J connectivity index is 2.50. The van der Waals surface area contributed by atoms with Gasteiger partial charge in [0, 0.05) is 5.56 Å². The van der Waals surface area contributed by atoms with Crippen LogP contribution in [0, 0.1) is 0 Å². The van der Waals surface area contributed by atoms with Gasteiger partial charge in [0.15, 0.2) is 0 Å². The highest BCUT2D eigenvalue weighted by Crippen LogP contribution is 2.33. The average molecular weight is 363 g/mol. The lowest BCUT2D eigenvalue weighted by molar-refractivity contribution is 0.0698. The van der Waals surface area contributed by atoms with E-state index in [1.807, 2.05) is 20.8 Å². The van der Waals surface area contributed by atoms with Crippen molar-refractivity contribution >= 4 is 21.7 Å². The highest BCUT2D eigenvalue weighted by Gasteiger charge is 2.24. The van der Waals surface area contributed by atoms with Gasteiger partial charge < -0.3 is 9.84 Å². The predicted molar refractivity (Wildman–Crippen MR) is 95.9 cm³/mol. The minimum absolute atomic E-state index is 0.0168. The van der Waals surface area contributed by atoms with Gasteiger partial charge in [-0.15, -0.1) is 0 Å². The number of ether oxygens (including phenoxy) is 1. The van der Waals surface area contributed by atoms with E-state index in [-0.39, 0.29) is 21.6 Å². The van der Waals surface area contributed by atoms with Gasteiger partial charge in [0.2, 0.25) is 0 Å². The van der Waals surface area contributed by atoms with Gasteiger partial charge in [-0.3, -0.25) is 4.72 Å². The second kappa shape index (κ2) is 6.76. The summed E-state index contributed by atoms with van der Waals surface area (Å²) in [5.74, 6) is -0.610. The van der Waals surface area contributed by atoms with Crippen molar-refractivity contribution in [2.45, 2.75) is 31.1 Å². The maximum absolute atomic E-state index is 12.7. The number of carboxylic acid groups (broad SMARTS) is 1. The zero-order chi connectivity index (χ0) is 18.8. The first kappa shape index (κ1) is 18.8. The van der Waals surface area contributed by atoms with Gasteiger partial charge in [0.1, 0.15) is 5.75 Å². The molecule has 0 saturated carbocycles. The summed E-state index contributed by atoms with van der Waals surface area (Å²) in [4.78, 5) is 11.3. The molecule has 0 amide bonds. The quantitative estimate of drug-likeness (QED) is 0.848.